The molecule has 0 atom stereocenters. The third-order valence-corrected chi connectivity index (χ3v) is 2.34. The molecule has 2 N–H and O–H groups in total. The van der Waals surface area contributed by atoms with Gasteiger partial charge in [-0.25, -0.2) is 4.98 Å². The molecule has 0 bridgehead atoms. The Labute approximate surface area is 108 Å². The molecule has 0 aliphatic rings. The minimum absolute atomic E-state index is 0.0862. The normalized spacial score (nSPS) is 9.95. The average molecular weight is 261 g/mol. The molecule has 0 fully saturated rings. The Hall–Kier alpha value is -2.83. The number of hydrogen-bond donors (Lipinski definition) is 1. The predicted molar refractivity (Wildman–Crippen MR) is 68.4 cm³/mol. The highest BCUT2D eigenvalue weighted by atomic mass is 16.6. The van der Waals surface area contributed by atoms with Crippen LogP contribution in [0.5, 0.6) is 17.4 Å². The van der Waals surface area contributed by atoms with Crippen LogP contribution in [0, 0.1) is 10.1 Å². The lowest BCUT2D eigenvalue weighted by atomic mass is 10.3. The molecule has 1 heterocycles. The van der Waals surface area contributed by atoms with Crippen LogP contribution in [0.1, 0.15) is 0 Å². The molecule has 0 unspecified atom stereocenters. The van der Waals surface area contributed by atoms with Crippen LogP contribution in [-0.2, 0) is 0 Å². The highest BCUT2D eigenvalue weighted by Crippen LogP contribution is 2.33. The van der Waals surface area contributed by atoms with Crippen LogP contribution in [0.15, 0.2) is 36.5 Å². The second kappa shape index (κ2) is 5.21. The molecule has 0 saturated heterocycles. The van der Waals surface area contributed by atoms with Crippen molar-refractivity contribution >= 4 is 11.4 Å². The highest BCUT2D eigenvalue weighted by Gasteiger charge is 2.17. The minimum atomic E-state index is -0.546. The van der Waals surface area contributed by atoms with Crippen molar-refractivity contribution < 1.29 is 14.4 Å². The summed E-state index contributed by atoms with van der Waals surface area (Å²) in [5.41, 5.74) is 5.78. The number of hydrogen-bond acceptors (Lipinski definition) is 6. The van der Waals surface area contributed by atoms with Gasteiger partial charge in [0.15, 0.2) is 0 Å². The molecule has 0 amide bonds. The third-order valence-electron chi connectivity index (χ3n) is 2.34. The Balaban J connectivity index is 2.33. The molecule has 0 aliphatic carbocycles. The van der Waals surface area contributed by atoms with E-state index < -0.39 is 4.92 Å². The van der Waals surface area contributed by atoms with Crippen LogP contribution in [0.4, 0.5) is 11.4 Å². The van der Waals surface area contributed by atoms with Gasteiger partial charge in [0.05, 0.1) is 30.0 Å². The largest absolute Gasteiger partial charge is 0.496 e. The van der Waals surface area contributed by atoms with Gasteiger partial charge in [0.2, 0.25) is 11.6 Å². The van der Waals surface area contributed by atoms with E-state index >= 15 is 0 Å². The summed E-state index contributed by atoms with van der Waals surface area (Å²) in [6.07, 6.45) is 1.41. The van der Waals surface area contributed by atoms with Crippen molar-refractivity contribution in [2.45, 2.75) is 0 Å². The Morgan fingerprint density at radius 2 is 2.11 bits per heavy atom. The first-order valence-corrected chi connectivity index (χ1v) is 5.32. The molecular weight excluding hydrogens is 250 g/mol. The first-order valence-electron chi connectivity index (χ1n) is 5.32. The van der Waals surface area contributed by atoms with E-state index in [1.807, 2.05) is 0 Å². The monoisotopic (exact) mass is 261 g/mol. The van der Waals surface area contributed by atoms with Crippen LogP contribution in [-0.4, -0.2) is 17.0 Å². The summed E-state index contributed by atoms with van der Waals surface area (Å²) in [5, 5.41) is 11.0. The number of nitro benzene ring substituents is 1. The maximum atomic E-state index is 11.0. The Morgan fingerprint density at radius 1 is 1.32 bits per heavy atom. The number of rotatable bonds is 4. The number of pyridine rings is 1. The Morgan fingerprint density at radius 3 is 2.68 bits per heavy atom. The van der Waals surface area contributed by atoms with Crippen LogP contribution in [0.25, 0.3) is 0 Å². The molecule has 2 aromatic rings. The summed E-state index contributed by atoms with van der Waals surface area (Å²) in [7, 11) is 1.43. The number of nitrogens with zero attached hydrogens (tertiary/aromatic N) is 2. The summed E-state index contributed by atoms with van der Waals surface area (Å²) in [6, 6.07) is 7.43. The lowest BCUT2D eigenvalue weighted by Crippen LogP contribution is -1.96. The van der Waals surface area contributed by atoms with E-state index in [-0.39, 0.29) is 17.3 Å². The van der Waals surface area contributed by atoms with Crippen molar-refractivity contribution in [3.05, 3.63) is 46.6 Å². The zero-order valence-electron chi connectivity index (χ0n) is 10.1. The molecule has 0 aliphatic heterocycles. The lowest BCUT2D eigenvalue weighted by Gasteiger charge is -2.06. The second-order valence-electron chi connectivity index (χ2n) is 3.62. The van der Waals surface area contributed by atoms with Gasteiger partial charge in [-0.3, -0.25) is 10.1 Å². The number of benzene rings is 1. The van der Waals surface area contributed by atoms with Gasteiger partial charge in [-0.05, 0) is 18.2 Å². The molecule has 0 spiro atoms. The number of nitrogen functional groups attached to an aromatic ring is 1. The minimum Gasteiger partial charge on any atom is -0.496 e. The molecule has 0 saturated carbocycles. The smallest absolute Gasteiger partial charge is 0.315 e. The number of ether oxygens (including phenoxy) is 2. The SMILES string of the molecule is COc1ccc(Oc2ccc(N)cn2)c([N+](=O)[O-])c1. The molecule has 98 valence electrons. The van der Waals surface area contributed by atoms with Gasteiger partial charge < -0.3 is 15.2 Å². The van der Waals surface area contributed by atoms with Crippen molar-refractivity contribution in [1.82, 2.24) is 4.98 Å². The lowest BCUT2D eigenvalue weighted by molar-refractivity contribution is -0.385. The van der Waals surface area contributed by atoms with Crippen molar-refractivity contribution in [3.63, 3.8) is 0 Å². The summed E-state index contributed by atoms with van der Waals surface area (Å²) >= 11 is 0. The fourth-order valence-electron chi connectivity index (χ4n) is 1.42. The Bertz CT molecular complexity index is 598. The molecule has 7 heteroatoms. The van der Waals surface area contributed by atoms with Gasteiger partial charge in [-0.1, -0.05) is 0 Å². The number of anilines is 1. The average Bonchev–Trinajstić information content (AvgIpc) is 2.41. The van der Waals surface area contributed by atoms with E-state index in [2.05, 4.69) is 4.98 Å². The topological polar surface area (TPSA) is 101 Å². The molecule has 7 nitrogen and oxygen atoms in total. The molecular formula is C12H11N3O4. The summed E-state index contributed by atoms with van der Waals surface area (Å²) in [6.45, 7) is 0. The molecule has 1 aromatic carbocycles. The van der Waals surface area contributed by atoms with Gasteiger partial charge in [0.25, 0.3) is 0 Å². The van der Waals surface area contributed by atoms with Crippen LogP contribution >= 0.6 is 0 Å². The van der Waals surface area contributed by atoms with Crippen LogP contribution in [0.3, 0.4) is 0 Å². The standard InChI is InChI=1S/C12H11N3O4/c1-18-9-3-4-11(10(6-9)15(16)17)19-12-5-2-8(13)7-14-12/h2-7H,13H2,1H3. The molecule has 0 radical (unpaired) electrons. The fourth-order valence-corrected chi connectivity index (χ4v) is 1.42. The first kappa shape index (κ1) is 12.6. The number of aromatic nitrogens is 1. The van der Waals surface area contributed by atoms with Gasteiger partial charge in [0, 0.05) is 6.07 Å². The van der Waals surface area contributed by atoms with E-state index in [9.17, 15) is 10.1 Å². The number of nitrogens with two attached hydrogens (primary N) is 1. The van der Waals surface area contributed by atoms with E-state index in [1.165, 1.54) is 31.5 Å². The zero-order chi connectivity index (χ0) is 13.8. The van der Waals surface area contributed by atoms with E-state index in [4.69, 9.17) is 15.2 Å². The van der Waals surface area contributed by atoms with Crippen molar-refractivity contribution in [2.24, 2.45) is 0 Å². The first-order chi connectivity index (χ1) is 9.10. The van der Waals surface area contributed by atoms with E-state index in [1.54, 1.807) is 12.1 Å². The van der Waals surface area contributed by atoms with Gasteiger partial charge in [-0.2, -0.15) is 0 Å². The second-order valence-corrected chi connectivity index (χ2v) is 3.62. The zero-order valence-corrected chi connectivity index (χ0v) is 10.1. The molecule has 2 rings (SSSR count). The van der Waals surface area contributed by atoms with Crippen molar-refractivity contribution in [2.75, 3.05) is 12.8 Å². The molecule has 19 heavy (non-hydrogen) atoms. The van der Waals surface area contributed by atoms with E-state index in [0.29, 0.717) is 11.4 Å². The van der Waals surface area contributed by atoms with Crippen molar-refractivity contribution in [3.8, 4) is 17.4 Å². The fraction of sp³-hybridized carbons (Fsp3) is 0.0833. The van der Waals surface area contributed by atoms with Crippen LogP contribution in [0.2, 0.25) is 0 Å². The van der Waals surface area contributed by atoms with Crippen molar-refractivity contribution in [1.29, 1.82) is 0 Å². The number of methoxy groups -OCH3 is 1. The highest BCUT2D eigenvalue weighted by molar-refractivity contribution is 5.52. The van der Waals surface area contributed by atoms with E-state index in [0.717, 1.165) is 0 Å². The Kier molecular flexibility index (Phi) is 3.46. The summed E-state index contributed by atoms with van der Waals surface area (Å²) < 4.78 is 10.3. The third kappa shape index (κ3) is 2.89. The predicted octanol–water partition coefficient (Wildman–Crippen LogP) is 2.37. The molecule has 1 aromatic heterocycles. The summed E-state index contributed by atoms with van der Waals surface area (Å²) in [4.78, 5) is 14.3. The quantitative estimate of drug-likeness (QED) is 0.669. The number of nitro groups is 1. The summed E-state index contributed by atoms with van der Waals surface area (Å²) in [5.74, 6) is 0.690. The maximum absolute atomic E-state index is 11.0. The van der Waals surface area contributed by atoms with Gasteiger partial charge in [-0.15, -0.1) is 0 Å². The van der Waals surface area contributed by atoms with Gasteiger partial charge in [0.1, 0.15) is 5.75 Å². The maximum Gasteiger partial charge on any atom is 0.315 e. The van der Waals surface area contributed by atoms with Gasteiger partial charge >= 0.3 is 5.69 Å². The van der Waals surface area contributed by atoms with Crippen LogP contribution < -0.4 is 15.2 Å².